The Kier molecular flexibility index (Phi) is 3.06. The number of benzene rings is 1. The van der Waals surface area contributed by atoms with E-state index in [9.17, 15) is 9.59 Å². The number of carbonyl (C=O) groups is 2. The van der Waals surface area contributed by atoms with Gasteiger partial charge in [0.15, 0.2) is 0 Å². The molecule has 0 saturated carbocycles. The highest BCUT2D eigenvalue weighted by molar-refractivity contribution is 5.92. The summed E-state index contributed by atoms with van der Waals surface area (Å²) >= 11 is 0. The molecule has 0 radical (unpaired) electrons. The van der Waals surface area contributed by atoms with Crippen LogP contribution >= 0.6 is 0 Å². The van der Waals surface area contributed by atoms with E-state index in [1.165, 1.54) is 19.2 Å². The van der Waals surface area contributed by atoms with Gasteiger partial charge in [-0.3, -0.25) is 4.79 Å². The van der Waals surface area contributed by atoms with Crippen molar-refractivity contribution in [2.45, 2.75) is 0 Å². The number of carboxylic acid groups (broad SMARTS) is 1. The molecule has 1 rings (SSSR count). The third kappa shape index (κ3) is 2.01. The summed E-state index contributed by atoms with van der Waals surface area (Å²) in [5, 5.41) is 11.1. The van der Waals surface area contributed by atoms with Gasteiger partial charge in [-0.2, -0.15) is 0 Å². The van der Waals surface area contributed by atoms with E-state index >= 15 is 0 Å². The second kappa shape index (κ2) is 4.27. The molecule has 0 unspecified atom stereocenters. The number of ether oxygens (including phenoxy) is 1. The Bertz CT molecular complexity index is 362. The van der Waals surface area contributed by atoms with Crippen LogP contribution in [0, 0.1) is 0 Å². The number of carboxylic acids is 1. The fourth-order valence-electron chi connectivity index (χ4n) is 1.03. The summed E-state index contributed by atoms with van der Waals surface area (Å²) in [6, 6.07) is 4.37. The average molecular weight is 195 g/mol. The van der Waals surface area contributed by atoms with Crippen molar-refractivity contribution in [2.24, 2.45) is 0 Å². The zero-order valence-corrected chi connectivity index (χ0v) is 7.48. The molecule has 0 fully saturated rings. The Morgan fingerprint density at radius 1 is 1.57 bits per heavy atom. The molecule has 1 amide bonds. The van der Waals surface area contributed by atoms with Crippen molar-refractivity contribution >= 4 is 18.1 Å². The summed E-state index contributed by atoms with van der Waals surface area (Å²) < 4.78 is 4.84. The summed E-state index contributed by atoms with van der Waals surface area (Å²) in [5.74, 6) is -0.842. The van der Waals surface area contributed by atoms with E-state index in [4.69, 9.17) is 9.84 Å². The van der Waals surface area contributed by atoms with Crippen molar-refractivity contribution in [1.82, 2.24) is 0 Å². The molecule has 0 aliphatic carbocycles. The highest BCUT2D eigenvalue weighted by Crippen LogP contribution is 2.22. The molecule has 0 atom stereocenters. The molecule has 0 bridgehead atoms. The lowest BCUT2D eigenvalue weighted by Gasteiger charge is -2.06. The van der Waals surface area contributed by atoms with E-state index in [2.05, 4.69) is 5.32 Å². The van der Waals surface area contributed by atoms with Crippen LogP contribution in [-0.4, -0.2) is 24.6 Å². The van der Waals surface area contributed by atoms with Crippen molar-refractivity contribution in [3.8, 4) is 5.75 Å². The number of nitrogens with one attached hydrogen (secondary N) is 1. The van der Waals surface area contributed by atoms with Crippen LogP contribution in [0.2, 0.25) is 0 Å². The fourth-order valence-corrected chi connectivity index (χ4v) is 1.03. The molecule has 0 aliphatic heterocycles. The molecule has 14 heavy (non-hydrogen) atoms. The van der Waals surface area contributed by atoms with Gasteiger partial charge < -0.3 is 15.2 Å². The van der Waals surface area contributed by atoms with Gasteiger partial charge in [0.25, 0.3) is 0 Å². The van der Waals surface area contributed by atoms with Crippen LogP contribution in [0.15, 0.2) is 18.2 Å². The van der Waals surface area contributed by atoms with Crippen LogP contribution in [0.3, 0.4) is 0 Å². The molecule has 1 aromatic rings. The number of rotatable bonds is 4. The topological polar surface area (TPSA) is 75.6 Å². The normalized spacial score (nSPS) is 9.21. The fraction of sp³-hybridized carbons (Fsp3) is 0.111. The molecule has 0 aromatic heterocycles. The molecule has 5 heteroatoms. The van der Waals surface area contributed by atoms with Gasteiger partial charge in [-0.1, -0.05) is 0 Å². The standard InChI is InChI=1S/C9H9NO4/c1-14-8-3-2-6(10-5-11)4-7(8)9(12)13/h2-5H,1H3,(H,10,11)(H,12,13). The van der Waals surface area contributed by atoms with E-state index in [1.54, 1.807) is 6.07 Å². The first-order valence-corrected chi connectivity index (χ1v) is 3.80. The van der Waals surface area contributed by atoms with Crippen molar-refractivity contribution < 1.29 is 19.4 Å². The molecular weight excluding hydrogens is 186 g/mol. The Morgan fingerprint density at radius 3 is 2.79 bits per heavy atom. The number of hydrogen-bond donors (Lipinski definition) is 2. The minimum atomic E-state index is -1.10. The highest BCUT2D eigenvalue weighted by Gasteiger charge is 2.10. The molecule has 74 valence electrons. The molecule has 0 aliphatic rings. The Morgan fingerprint density at radius 2 is 2.29 bits per heavy atom. The third-order valence-corrected chi connectivity index (χ3v) is 1.66. The van der Waals surface area contributed by atoms with Crippen LogP contribution in [0.25, 0.3) is 0 Å². The molecule has 1 aromatic carbocycles. The van der Waals surface area contributed by atoms with E-state index < -0.39 is 5.97 Å². The van der Waals surface area contributed by atoms with Crippen LogP contribution in [0.5, 0.6) is 5.75 Å². The summed E-state index contributed by atoms with van der Waals surface area (Å²) in [6.45, 7) is 0. The number of anilines is 1. The van der Waals surface area contributed by atoms with Gasteiger partial charge in [0.1, 0.15) is 11.3 Å². The SMILES string of the molecule is COc1ccc(NC=O)cc1C(=O)O. The first-order chi connectivity index (χ1) is 6.69. The van der Waals surface area contributed by atoms with Gasteiger partial charge in [0.05, 0.1) is 7.11 Å². The largest absolute Gasteiger partial charge is 0.496 e. The van der Waals surface area contributed by atoms with Crippen LogP contribution in [0.4, 0.5) is 5.69 Å². The van der Waals surface area contributed by atoms with Crippen molar-refractivity contribution in [3.05, 3.63) is 23.8 Å². The van der Waals surface area contributed by atoms with Gasteiger partial charge in [0, 0.05) is 5.69 Å². The van der Waals surface area contributed by atoms with Crippen LogP contribution in [-0.2, 0) is 4.79 Å². The van der Waals surface area contributed by atoms with Gasteiger partial charge >= 0.3 is 5.97 Å². The second-order valence-corrected chi connectivity index (χ2v) is 2.48. The molecule has 0 heterocycles. The molecule has 2 N–H and O–H groups in total. The predicted molar refractivity (Wildman–Crippen MR) is 49.6 cm³/mol. The lowest BCUT2D eigenvalue weighted by Crippen LogP contribution is -2.02. The summed E-state index contributed by atoms with van der Waals surface area (Å²) in [7, 11) is 1.38. The Hall–Kier alpha value is -2.04. The monoisotopic (exact) mass is 195 g/mol. The summed E-state index contributed by atoms with van der Waals surface area (Å²) in [4.78, 5) is 20.9. The quantitative estimate of drug-likeness (QED) is 0.701. The van der Waals surface area contributed by atoms with E-state index in [0.29, 0.717) is 12.1 Å². The minimum absolute atomic E-state index is 0.0133. The van der Waals surface area contributed by atoms with Crippen molar-refractivity contribution in [2.75, 3.05) is 12.4 Å². The van der Waals surface area contributed by atoms with Gasteiger partial charge in [-0.05, 0) is 18.2 Å². The number of amides is 1. The number of methoxy groups -OCH3 is 1. The lowest BCUT2D eigenvalue weighted by atomic mass is 10.2. The van der Waals surface area contributed by atoms with Crippen molar-refractivity contribution in [3.63, 3.8) is 0 Å². The number of aromatic carboxylic acids is 1. The molecule has 0 spiro atoms. The second-order valence-electron chi connectivity index (χ2n) is 2.48. The minimum Gasteiger partial charge on any atom is -0.496 e. The Labute approximate surface area is 80.3 Å². The summed E-state index contributed by atoms with van der Waals surface area (Å²) in [5.41, 5.74) is 0.428. The van der Waals surface area contributed by atoms with Crippen molar-refractivity contribution in [1.29, 1.82) is 0 Å². The van der Waals surface area contributed by atoms with E-state index in [1.807, 2.05) is 0 Å². The first-order valence-electron chi connectivity index (χ1n) is 3.80. The highest BCUT2D eigenvalue weighted by atomic mass is 16.5. The average Bonchev–Trinajstić information content (AvgIpc) is 2.18. The maximum atomic E-state index is 10.7. The number of hydrogen-bond acceptors (Lipinski definition) is 3. The maximum Gasteiger partial charge on any atom is 0.339 e. The zero-order chi connectivity index (χ0) is 10.6. The van der Waals surface area contributed by atoms with Gasteiger partial charge in [-0.15, -0.1) is 0 Å². The molecular formula is C9H9NO4. The van der Waals surface area contributed by atoms with E-state index in [0.717, 1.165) is 0 Å². The summed E-state index contributed by atoms with van der Waals surface area (Å²) in [6.07, 6.45) is 0.480. The predicted octanol–water partition coefficient (Wildman–Crippen LogP) is 0.962. The third-order valence-electron chi connectivity index (χ3n) is 1.66. The van der Waals surface area contributed by atoms with Crippen LogP contribution in [0.1, 0.15) is 10.4 Å². The molecule has 5 nitrogen and oxygen atoms in total. The van der Waals surface area contributed by atoms with Crippen LogP contribution < -0.4 is 10.1 Å². The van der Waals surface area contributed by atoms with Gasteiger partial charge in [0.2, 0.25) is 6.41 Å². The smallest absolute Gasteiger partial charge is 0.339 e. The number of carbonyl (C=O) groups excluding carboxylic acids is 1. The van der Waals surface area contributed by atoms with Gasteiger partial charge in [-0.25, -0.2) is 4.79 Å². The first kappa shape index (κ1) is 10.0. The van der Waals surface area contributed by atoms with E-state index in [-0.39, 0.29) is 11.3 Å². The Balaban J connectivity index is 3.13. The lowest BCUT2D eigenvalue weighted by molar-refractivity contribution is -0.105. The molecule has 0 saturated heterocycles. The zero-order valence-electron chi connectivity index (χ0n) is 7.48. The maximum absolute atomic E-state index is 10.7.